The number of nitrogens with zero attached hydrogens (tertiary/aromatic N) is 2. The Bertz CT molecular complexity index is 282. The molecular weight excluding hydrogens is 194 g/mol. The van der Waals surface area contributed by atoms with E-state index in [2.05, 4.69) is 20.9 Å². The molecule has 1 aromatic heterocycles. The van der Waals surface area contributed by atoms with E-state index in [0.29, 0.717) is 18.1 Å². The third-order valence-electron chi connectivity index (χ3n) is 1.33. The van der Waals surface area contributed by atoms with E-state index >= 15 is 0 Å². The van der Waals surface area contributed by atoms with Crippen molar-refractivity contribution in [2.24, 2.45) is 5.84 Å². The molecule has 0 saturated heterocycles. The minimum atomic E-state index is 0.0178. The first kappa shape index (κ1) is 9.97. The van der Waals surface area contributed by atoms with Crippen LogP contribution in [-0.2, 0) is 0 Å². The Morgan fingerprint density at radius 1 is 1.54 bits per heavy atom. The summed E-state index contributed by atoms with van der Waals surface area (Å²) in [5, 5.41) is 19.0. The predicted octanol–water partition coefficient (Wildman–Crippen LogP) is -0.180. The third-order valence-corrected chi connectivity index (χ3v) is 1.51. The van der Waals surface area contributed by atoms with Crippen LogP contribution in [0.2, 0.25) is 5.15 Å². The van der Waals surface area contributed by atoms with E-state index in [0.717, 1.165) is 0 Å². The zero-order valence-corrected chi connectivity index (χ0v) is 7.54. The molecule has 0 amide bonds. The van der Waals surface area contributed by atoms with E-state index in [4.69, 9.17) is 22.6 Å². The van der Waals surface area contributed by atoms with E-state index in [9.17, 15) is 0 Å². The van der Waals surface area contributed by atoms with Crippen LogP contribution in [-0.4, -0.2) is 28.5 Å². The molecule has 0 aromatic carbocycles. The lowest BCUT2D eigenvalue weighted by Crippen LogP contribution is -2.14. The molecule has 0 unspecified atom stereocenters. The summed E-state index contributed by atoms with van der Waals surface area (Å²) in [4.78, 5) is 0. The maximum absolute atomic E-state index is 8.58. The van der Waals surface area contributed by atoms with E-state index in [-0.39, 0.29) is 11.8 Å². The molecule has 13 heavy (non-hydrogen) atoms. The van der Waals surface area contributed by atoms with Gasteiger partial charge in [-0.25, -0.2) is 5.84 Å². The van der Waals surface area contributed by atoms with Crippen molar-refractivity contribution < 1.29 is 5.11 Å². The summed E-state index contributed by atoms with van der Waals surface area (Å²) in [5.41, 5.74) is 2.96. The fraction of sp³-hybridized carbons (Fsp3) is 0.333. The van der Waals surface area contributed by atoms with Crippen molar-refractivity contribution in [1.82, 2.24) is 10.2 Å². The highest BCUT2D eigenvalue weighted by Gasteiger charge is 2.03. The van der Waals surface area contributed by atoms with Gasteiger partial charge >= 0.3 is 0 Å². The number of aliphatic hydroxyl groups excluding tert-OH is 1. The number of anilines is 2. The van der Waals surface area contributed by atoms with Gasteiger partial charge in [0.05, 0.1) is 12.3 Å². The van der Waals surface area contributed by atoms with Gasteiger partial charge in [0.1, 0.15) is 0 Å². The fourth-order valence-corrected chi connectivity index (χ4v) is 0.947. The lowest BCUT2D eigenvalue weighted by atomic mass is 10.4. The van der Waals surface area contributed by atoms with Crippen molar-refractivity contribution in [3.05, 3.63) is 11.2 Å². The molecule has 0 spiro atoms. The van der Waals surface area contributed by atoms with Crippen LogP contribution >= 0.6 is 11.6 Å². The van der Waals surface area contributed by atoms with Crippen molar-refractivity contribution in [3.8, 4) is 0 Å². The number of hydrogen-bond donors (Lipinski definition) is 4. The second-order valence-electron chi connectivity index (χ2n) is 2.22. The zero-order chi connectivity index (χ0) is 9.68. The molecule has 0 aliphatic heterocycles. The summed E-state index contributed by atoms with van der Waals surface area (Å²) < 4.78 is 0. The van der Waals surface area contributed by atoms with E-state index in [1.54, 1.807) is 6.07 Å². The largest absolute Gasteiger partial charge is 0.395 e. The number of nitrogen functional groups attached to an aromatic ring is 1. The molecule has 0 aliphatic carbocycles. The Morgan fingerprint density at radius 2 is 2.31 bits per heavy atom. The highest BCUT2D eigenvalue weighted by Crippen LogP contribution is 2.19. The fourth-order valence-electron chi connectivity index (χ4n) is 0.800. The Labute approximate surface area is 80.1 Å². The van der Waals surface area contributed by atoms with Crippen LogP contribution in [0.3, 0.4) is 0 Å². The maximum atomic E-state index is 8.58. The first-order chi connectivity index (χ1) is 6.27. The Hall–Kier alpha value is -1.11. The Morgan fingerprint density at radius 3 is 2.92 bits per heavy atom. The van der Waals surface area contributed by atoms with Gasteiger partial charge in [0.25, 0.3) is 0 Å². The molecule has 0 atom stereocenters. The highest BCUT2D eigenvalue weighted by molar-refractivity contribution is 6.29. The Kier molecular flexibility index (Phi) is 3.69. The van der Waals surface area contributed by atoms with Gasteiger partial charge in [0.15, 0.2) is 11.0 Å². The lowest BCUT2D eigenvalue weighted by Gasteiger charge is -2.08. The van der Waals surface area contributed by atoms with Gasteiger partial charge in [-0.1, -0.05) is 11.6 Å². The molecular formula is C6H10ClN5O. The molecule has 5 N–H and O–H groups in total. The lowest BCUT2D eigenvalue weighted by molar-refractivity contribution is 0.311. The number of rotatable bonds is 4. The summed E-state index contributed by atoms with van der Waals surface area (Å²) in [6, 6.07) is 1.57. The van der Waals surface area contributed by atoms with Gasteiger partial charge in [-0.05, 0) is 0 Å². The van der Waals surface area contributed by atoms with E-state index < -0.39 is 0 Å². The van der Waals surface area contributed by atoms with Crippen molar-refractivity contribution in [3.63, 3.8) is 0 Å². The maximum Gasteiger partial charge on any atom is 0.186 e. The van der Waals surface area contributed by atoms with Crippen LogP contribution in [0.4, 0.5) is 11.5 Å². The molecule has 0 fully saturated rings. The van der Waals surface area contributed by atoms with Gasteiger partial charge in [-0.3, -0.25) is 0 Å². The van der Waals surface area contributed by atoms with Crippen molar-refractivity contribution in [2.75, 3.05) is 23.9 Å². The van der Waals surface area contributed by atoms with Gasteiger partial charge in [0, 0.05) is 12.6 Å². The van der Waals surface area contributed by atoms with Crippen LogP contribution in [0.1, 0.15) is 0 Å². The monoisotopic (exact) mass is 203 g/mol. The first-order valence-corrected chi connectivity index (χ1v) is 4.00. The van der Waals surface area contributed by atoms with Crippen molar-refractivity contribution in [2.45, 2.75) is 0 Å². The second kappa shape index (κ2) is 4.80. The molecule has 6 nitrogen and oxygen atoms in total. The zero-order valence-electron chi connectivity index (χ0n) is 6.79. The summed E-state index contributed by atoms with van der Waals surface area (Å²) >= 11 is 5.61. The van der Waals surface area contributed by atoms with Gasteiger partial charge in [0.2, 0.25) is 0 Å². The number of nitrogens with two attached hydrogens (primary N) is 1. The van der Waals surface area contributed by atoms with Crippen LogP contribution in [0.15, 0.2) is 6.07 Å². The van der Waals surface area contributed by atoms with Crippen LogP contribution in [0, 0.1) is 0 Å². The predicted molar refractivity (Wildman–Crippen MR) is 50.4 cm³/mol. The minimum absolute atomic E-state index is 0.0178. The summed E-state index contributed by atoms with van der Waals surface area (Å²) in [6.45, 7) is 0.417. The smallest absolute Gasteiger partial charge is 0.186 e. The number of aliphatic hydroxyl groups is 1. The molecule has 0 aliphatic rings. The van der Waals surface area contributed by atoms with Gasteiger partial charge in [-0.15, -0.1) is 10.2 Å². The number of hydrogen-bond acceptors (Lipinski definition) is 6. The Balaban J connectivity index is 2.81. The molecule has 1 heterocycles. The topological polar surface area (TPSA) is 96.1 Å². The summed E-state index contributed by atoms with van der Waals surface area (Å²) in [7, 11) is 0. The van der Waals surface area contributed by atoms with Crippen LogP contribution < -0.4 is 16.6 Å². The summed E-state index contributed by atoms with van der Waals surface area (Å²) in [6.07, 6.45) is 0. The number of nitrogens with one attached hydrogen (secondary N) is 2. The molecule has 0 radical (unpaired) electrons. The molecule has 1 aromatic rings. The molecule has 1 rings (SSSR count). The second-order valence-corrected chi connectivity index (χ2v) is 2.61. The average Bonchev–Trinajstić information content (AvgIpc) is 2.15. The van der Waals surface area contributed by atoms with Crippen molar-refractivity contribution >= 4 is 23.1 Å². The average molecular weight is 204 g/mol. The molecule has 7 heteroatoms. The van der Waals surface area contributed by atoms with Crippen molar-refractivity contribution in [1.29, 1.82) is 0 Å². The third kappa shape index (κ3) is 2.69. The highest BCUT2D eigenvalue weighted by atomic mass is 35.5. The van der Waals surface area contributed by atoms with Gasteiger partial charge in [-0.2, -0.15) is 0 Å². The summed E-state index contributed by atoms with van der Waals surface area (Å²) in [5.74, 6) is 5.56. The number of halogens is 1. The van der Waals surface area contributed by atoms with E-state index in [1.807, 2.05) is 0 Å². The molecule has 0 saturated carbocycles. The van der Waals surface area contributed by atoms with Crippen LogP contribution in [0.25, 0.3) is 0 Å². The van der Waals surface area contributed by atoms with Gasteiger partial charge < -0.3 is 15.8 Å². The number of hydrazine groups is 1. The first-order valence-electron chi connectivity index (χ1n) is 3.62. The quantitative estimate of drug-likeness (QED) is 0.401. The minimum Gasteiger partial charge on any atom is -0.395 e. The normalized spacial score (nSPS) is 9.77. The standard InChI is InChI=1S/C6H10ClN5O/c7-5-3-4(9-1-2-13)6(10-8)12-11-5/h3,13H,1-2,8H2,(H,9,11)(H,10,12). The molecule has 72 valence electrons. The van der Waals surface area contributed by atoms with E-state index in [1.165, 1.54) is 0 Å². The van der Waals surface area contributed by atoms with Crippen LogP contribution in [0.5, 0.6) is 0 Å². The SMILES string of the molecule is NNc1nnc(Cl)cc1NCCO. The molecule has 0 bridgehead atoms. The number of aromatic nitrogens is 2.